The van der Waals surface area contributed by atoms with Crippen LogP contribution in [0.5, 0.6) is 0 Å². The number of thioether (sulfide) groups is 1. The molecule has 0 aromatic heterocycles. The zero-order chi connectivity index (χ0) is 16.2. The maximum Gasteiger partial charge on any atom is 0.254 e. The minimum Gasteiger partial charge on any atom is -0.383 e. The first-order valence-electron chi connectivity index (χ1n) is 8.43. The van der Waals surface area contributed by atoms with E-state index >= 15 is 0 Å². The van der Waals surface area contributed by atoms with Gasteiger partial charge in [-0.2, -0.15) is 11.8 Å². The van der Waals surface area contributed by atoms with E-state index in [1.807, 2.05) is 35.7 Å². The molecule has 4 nitrogen and oxygen atoms in total. The lowest BCUT2D eigenvalue weighted by molar-refractivity contribution is 0.0771. The molecule has 5 heteroatoms. The van der Waals surface area contributed by atoms with Crippen molar-refractivity contribution in [1.82, 2.24) is 4.90 Å². The number of benzene rings is 1. The minimum atomic E-state index is 0.168. The number of hydrogen-bond donors (Lipinski definition) is 1. The molecular formula is C18H26N2O2S. The molecule has 0 radical (unpaired) electrons. The van der Waals surface area contributed by atoms with Crippen molar-refractivity contribution >= 4 is 23.4 Å². The van der Waals surface area contributed by atoms with Gasteiger partial charge in [-0.25, -0.2) is 0 Å². The van der Waals surface area contributed by atoms with Crippen molar-refractivity contribution in [2.45, 2.75) is 25.8 Å². The summed E-state index contributed by atoms with van der Waals surface area (Å²) in [6.07, 6.45) is 2.54. The number of anilines is 1. The molecular weight excluding hydrogens is 308 g/mol. The van der Waals surface area contributed by atoms with Gasteiger partial charge >= 0.3 is 0 Å². The molecule has 1 aliphatic heterocycles. The quantitative estimate of drug-likeness (QED) is 0.868. The van der Waals surface area contributed by atoms with Gasteiger partial charge in [-0.05, 0) is 43.4 Å². The molecule has 1 amide bonds. The van der Waals surface area contributed by atoms with Crippen molar-refractivity contribution in [3.63, 3.8) is 0 Å². The van der Waals surface area contributed by atoms with Crippen molar-refractivity contribution in [1.29, 1.82) is 0 Å². The van der Waals surface area contributed by atoms with Gasteiger partial charge in [-0.15, -0.1) is 0 Å². The Balaban J connectivity index is 1.75. The summed E-state index contributed by atoms with van der Waals surface area (Å²) in [7, 11) is 1.75. The van der Waals surface area contributed by atoms with E-state index in [1.165, 1.54) is 12.8 Å². The highest BCUT2D eigenvalue weighted by Crippen LogP contribution is 2.35. The van der Waals surface area contributed by atoms with Crippen LogP contribution in [0.15, 0.2) is 18.2 Å². The van der Waals surface area contributed by atoms with Crippen molar-refractivity contribution in [2.75, 3.05) is 43.6 Å². The van der Waals surface area contributed by atoms with E-state index in [0.717, 1.165) is 41.4 Å². The van der Waals surface area contributed by atoms with Crippen molar-refractivity contribution in [3.8, 4) is 0 Å². The number of carbonyl (C=O) groups excluding carboxylic acids is 1. The summed E-state index contributed by atoms with van der Waals surface area (Å²) in [4.78, 5) is 14.8. The summed E-state index contributed by atoms with van der Waals surface area (Å²) in [5.41, 5.74) is 2.95. The first-order valence-corrected chi connectivity index (χ1v) is 9.58. The van der Waals surface area contributed by atoms with E-state index in [-0.39, 0.29) is 5.91 Å². The second-order valence-electron chi connectivity index (χ2n) is 6.43. The van der Waals surface area contributed by atoms with Crippen LogP contribution in [0.3, 0.4) is 0 Å². The fraction of sp³-hybridized carbons (Fsp3) is 0.611. The third-order valence-electron chi connectivity index (χ3n) is 4.74. The average molecular weight is 334 g/mol. The lowest BCUT2D eigenvalue weighted by atomic mass is 10.0. The summed E-state index contributed by atoms with van der Waals surface area (Å²) >= 11 is 1.92. The Labute approximate surface area is 143 Å². The molecule has 1 atom stereocenters. The predicted octanol–water partition coefficient (Wildman–Crippen LogP) is 3.02. The van der Waals surface area contributed by atoms with Crippen LogP contribution in [0.25, 0.3) is 0 Å². The largest absolute Gasteiger partial charge is 0.383 e. The number of nitrogens with one attached hydrogen (secondary N) is 1. The molecule has 2 fully saturated rings. The lowest BCUT2D eigenvalue weighted by Gasteiger charge is -2.28. The Kier molecular flexibility index (Phi) is 5.49. The summed E-state index contributed by atoms with van der Waals surface area (Å²) in [5.74, 6) is 2.95. The second kappa shape index (κ2) is 7.58. The number of nitrogens with zero attached hydrogens (tertiary/aromatic N) is 1. The molecule has 23 heavy (non-hydrogen) atoms. The van der Waals surface area contributed by atoms with Crippen LogP contribution in [0.4, 0.5) is 5.69 Å². The molecule has 3 rings (SSSR count). The number of amides is 1. The highest BCUT2D eigenvalue weighted by Gasteiger charge is 2.31. The highest BCUT2D eigenvalue weighted by molar-refractivity contribution is 7.99. The fourth-order valence-corrected chi connectivity index (χ4v) is 4.04. The molecule has 1 saturated heterocycles. The summed E-state index contributed by atoms with van der Waals surface area (Å²) in [6.45, 7) is 4.47. The standard InChI is InChI=1S/C18H26N2O2S/c1-13-15(18(21)20-8-10-23-11-9-20)4-3-5-16(13)19-17(12-22-2)14-6-7-14/h3-5,14,17,19H,6-12H2,1-2H3. The van der Waals surface area contributed by atoms with Crippen molar-refractivity contribution in [2.24, 2.45) is 5.92 Å². The summed E-state index contributed by atoms with van der Waals surface area (Å²) in [6, 6.07) is 6.35. The first kappa shape index (κ1) is 16.7. The molecule has 1 unspecified atom stereocenters. The monoisotopic (exact) mass is 334 g/mol. The summed E-state index contributed by atoms with van der Waals surface area (Å²) < 4.78 is 5.35. The number of carbonyl (C=O) groups is 1. The first-order chi connectivity index (χ1) is 11.2. The Morgan fingerprint density at radius 3 is 2.78 bits per heavy atom. The Bertz CT molecular complexity index is 554. The van der Waals surface area contributed by atoms with Gasteiger partial charge in [0.15, 0.2) is 0 Å². The smallest absolute Gasteiger partial charge is 0.254 e. The molecule has 126 valence electrons. The third kappa shape index (κ3) is 4.01. The zero-order valence-electron chi connectivity index (χ0n) is 14.0. The van der Waals surface area contributed by atoms with Crippen LogP contribution < -0.4 is 5.32 Å². The van der Waals surface area contributed by atoms with Crippen molar-refractivity contribution < 1.29 is 9.53 Å². The van der Waals surface area contributed by atoms with E-state index in [0.29, 0.717) is 18.6 Å². The molecule has 1 heterocycles. The van der Waals surface area contributed by atoms with Gasteiger partial charge in [0.25, 0.3) is 5.91 Å². The van der Waals surface area contributed by atoms with Crippen molar-refractivity contribution in [3.05, 3.63) is 29.3 Å². The number of rotatable bonds is 6. The van der Waals surface area contributed by atoms with Gasteiger partial charge in [0, 0.05) is 43.0 Å². The highest BCUT2D eigenvalue weighted by atomic mass is 32.2. The SMILES string of the molecule is COCC(Nc1cccc(C(=O)N2CCSCC2)c1C)C1CC1. The van der Waals surface area contributed by atoms with Gasteiger partial charge in [-0.1, -0.05) is 6.07 Å². The van der Waals surface area contributed by atoms with Gasteiger partial charge in [0.05, 0.1) is 12.6 Å². The lowest BCUT2D eigenvalue weighted by Crippen LogP contribution is -2.38. The molecule has 0 spiro atoms. The van der Waals surface area contributed by atoms with E-state index in [1.54, 1.807) is 7.11 Å². The topological polar surface area (TPSA) is 41.6 Å². The van der Waals surface area contributed by atoms with Gasteiger partial charge in [0.2, 0.25) is 0 Å². The van der Waals surface area contributed by atoms with Crippen LogP contribution >= 0.6 is 11.8 Å². The maximum absolute atomic E-state index is 12.8. The normalized spacial score (nSPS) is 19.5. The maximum atomic E-state index is 12.8. The molecule has 1 N–H and O–H groups in total. The summed E-state index contributed by atoms with van der Waals surface area (Å²) in [5, 5.41) is 3.61. The third-order valence-corrected chi connectivity index (χ3v) is 5.68. The fourth-order valence-electron chi connectivity index (χ4n) is 3.13. The Hall–Kier alpha value is -1.20. The van der Waals surface area contributed by atoms with Crippen LogP contribution in [-0.4, -0.2) is 55.2 Å². The number of methoxy groups -OCH3 is 1. The van der Waals surface area contributed by atoms with Crippen LogP contribution in [0, 0.1) is 12.8 Å². The molecule has 0 bridgehead atoms. The van der Waals surface area contributed by atoms with Gasteiger partial charge in [0.1, 0.15) is 0 Å². The van der Waals surface area contributed by atoms with E-state index < -0.39 is 0 Å². The molecule has 1 aromatic carbocycles. The Morgan fingerprint density at radius 1 is 1.39 bits per heavy atom. The second-order valence-corrected chi connectivity index (χ2v) is 7.65. The van der Waals surface area contributed by atoms with Crippen LogP contribution in [0.2, 0.25) is 0 Å². The molecule has 1 saturated carbocycles. The van der Waals surface area contributed by atoms with E-state index in [4.69, 9.17) is 4.74 Å². The average Bonchev–Trinajstić information content (AvgIpc) is 3.41. The van der Waals surface area contributed by atoms with Gasteiger partial charge in [-0.3, -0.25) is 4.79 Å². The minimum absolute atomic E-state index is 0.168. The van der Waals surface area contributed by atoms with Gasteiger partial charge < -0.3 is 15.0 Å². The van der Waals surface area contributed by atoms with E-state index in [9.17, 15) is 4.79 Å². The van der Waals surface area contributed by atoms with Crippen LogP contribution in [-0.2, 0) is 4.74 Å². The molecule has 2 aliphatic rings. The predicted molar refractivity (Wildman–Crippen MR) is 96.4 cm³/mol. The molecule has 1 aliphatic carbocycles. The Morgan fingerprint density at radius 2 is 2.13 bits per heavy atom. The molecule has 1 aromatic rings. The number of hydrogen-bond acceptors (Lipinski definition) is 4. The van der Waals surface area contributed by atoms with Crippen LogP contribution in [0.1, 0.15) is 28.8 Å². The number of ether oxygens (including phenoxy) is 1. The van der Waals surface area contributed by atoms with E-state index in [2.05, 4.69) is 11.4 Å². The zero-order valence-corrected chi connectivity index (χ0v) is 14.8.